The lowest BCUT2D eigenvalue weighted by molar-refractivity contribution is 0.191. The Labute approximate surface area is 131 Å². The van der Waals surface area contributed by atoms with E-state index < -0.39 is 6.10 Å². The predicted octanol–water partition coefficient (Wildman–Crippen LogP) is 4.26. The van der Waals surface area contributed by atoms with Crippen LogP contribution in [0.2, 0.25) is 5.02 Å². The molecule has 0 amide bonds. The summed E-state index contributed by atoms with van der Waals surface area (Å²) in [6, 6.07) is 12.9. The normalized spacial score (nSPS) is 12.0. The number of halogens is 2. The van der Waals surface area contributed by atoms with Gasteiger partial charge in [-0.2, -0.15) is 0 Å². The number of ether oxygens (including phenoxy) is 1. The van der Waals surface area contributed by atoms with Gasteiger partial charge in [0, 0.05) is 6.54 Å². The molecule has 2 aromatic carbocycles. The zero-order valence-electron chi connectivity index (χ0n) is 10.9. The number of hydrogen-bond donors (Lipinski definition) is 2. The zero-order valence-corrected chi connectivity index (χ0v) is 13.3. The maximum absolute atomic E-state index is 10.2. The number of anilines is 1. The van der Waals surface area contributed by atoms with E-state index >= 15 is 0 Å². The number of hydrogen-bond acceptors (Lipinski definition) is 3. The molecule has 0 radical (unpaired) electrons. The minimum Gasteiger partial charge on any atom is -0.497 e. The van der Waals surface area contributed by atoms with Gasteiger partial charge in [-0.3, -0.25) is 0 Å². The van der Waals surface area contributed by atoms with Gasteiger partial charge in [0.1, 0.15) is 5.75 Å². The lowest BCUT2D eigenvalue weighted by Gasteiger charge is -2.15. The summed E-state index contributed by atoms with van der Waals surface area (Å²) >= 11 is 9.43. The molecule has 0 aromatic heterocycles. The summed E-state index contributed by atoms with van der Waals surface area (Å²) in [7, 11) is 1.60. The average molecular weight is 357 g/mol. The third-order valence-electron chi connectivity index (χ3n) is 2.92. The second-order valence-electron chi connectivity index (χ2n) is 4.27. The third-order valence-corrected chi connectivity index (χ3v) is 4.31. The smallest absolute Gasteiger partial charge is 0.119 e. The predicted molar refractivity (Wildman–Crippen MR) is 85.6 cm³/mol. The standard InChI is InChI=1S/C15H15BrClNO2/c1-20-11-5-2-4-10(8-11)14(19)9-18-13-7-3-6-12(17)15(13)16/h2-8,14,18-19H,9H2,1H3. The van der Waals surface area contributed by atoms with Crippen molar-refractivity contribution in [3.05, 3.63) is 57.5 Å². The van der Waals surface area contributed by atoms with Crippen LogP contribution in [0.1, 0.15) is 11.7 Å². The minimum absolute atomic E-state index is 0.381. The highest BCUT2D eigenvalue weighted by atomic mass is 79.9. The van der Waals surface area contributed by atoms with Gasteiger partial charge >= 0.3 is 0 Å². The van der Waals surface area contributed by atoms with E-state index in [9.17, 15) is 5.11 Å². The number of rotatable bonds is 5. The van der Waals surface area contributed by atoms with Crippen LogP contribution in [0.25, 0.3) is 0 Å². The third kappa shape index (κ3) is 3.66. The summed E-state index contributed by atoms with van der Waals surface area (Å²) in [5, 5.41) is 14.0. The molecule has 0 aliphatic rings. The number of nitrogens with one attached hydrogen (secondary N) is 1. The Morgan fingerprint density at radius 2 is 2.05 bits per heavy atom. The van der Waals surface area contributed by atoms with Gasteiger partial charge in [-0.25, -0.2) is 0 Å². The van der Waals surface area contributed by atoms with Crippen LogP contribution in [-0.2, 0) is 0 Å². The fourth-order valence-corrected chi connectivity index (χ4v) is 2.39. The van der Waals surface area contributed by atoms with Crippen LogP contribution in [0, 0.1) is 0 Å². The first kappa shape index (κ1) is 15.2. The molecule has 3 nitrogen and oxygen atoms in total. The number of methoxy groups -OCH3 is 1. The molecule has 5 heteroatoms. The fourth-order valence-electron chi connectivity index (χ4n) is 1.81. The average Bonchev–Trinajstić information content (AvgIpc) is 2.48. The lowest BCUT2D eigenvalue weighted by Crippen LogP contribution is -2.12. The van der Waals surface area contributed by atoms with Crippen molar-refractivity contribution in [1.29, 1.82) is 0 Å². The molecule has 0 spiro atoms. The van der Waals surface area contributed by atoms with Crippen LogP contribution in [-0.4, -0.2) is 18.8 Å². The second-order valence-corrected chi connectivity index (χ2v) is 5.47. The molecule has 0 heterocycles. The molecule has 0 bridgehead atoms. The van der Waals surface area contributed by atoms with Gasteiger partial charge in [-0.15, -0.1) is 0 Å². The van der Waals surface area contributed by atoms with Crippen molar-refractivity contribution >= 4 is 33.2 Å². The molecule has 0 saturated carbocycles. The van der Waals surface area contributed by atoms with E-state index in [1.54, 1.807) is 13.2 Å². The molecular formula is C15H15BrClNO2. The van der Waals surface area contributed by atoms with Gasteiger partial charge in [0.15, 0.2) is 0 Å². The number of benzene rings is 2. The first-order chi connectivity index (χ1) is 9.61. The van der Waals surface area contributed by atoms with E-state index in [4.69, 9.17) is 16.3 Å². The monoisotopic (exact) mass is 355 g/mol. The zero-order chi connectivity index (χ0) is 14.5. The maximum Gasteiger partial charge on any atom is 0.119 e. The molecule has 1 atom stereocenters. The Morgan fingerprint density at radius 3 is 2.80 bits per heavy atom. The van der Waals surface area contributed by atoms with E-state index in [-0.39, 0.29) is 0 Å². The lowest BCUT2D eigenvalue weighted by atomic mass is 10.1. The van der Waals surface area contributed by atoms with Crippen molar-refractivity contribution < 1.29 is 9.84 Å². The van der Waals surface area contributed by atoms with Crippen LogP contribution in [0.3, 0.4) is 0 Å². The molecule has 20 heavy (non-hydrogen) atoms. The van der Waals surface area contributed by atoms with E-state index in [1.807, 2.05) is 36.4 Å². The molecule has 2 rings (SSSR count). The Balaban J connectivity index is 2.04. The Morgan fingerprint density at radius 1 is 1.30 bits per heavy atom. The number of aliphatic hydroxyl groups is 1. The summed E-state index contributed by atoms with van der Waals surface area (Å²) in [4.78, 5) is 0. The largest absolute Gasteiger partial charge is 0.497 e. The Hall–Kier alpha value is -1.23. The summed E-state index contributed by atoms with van der Waals surface area (Å²) in [6.07, 6.45) is -0.629. The summed E-state index contributed by atoms with van der Waals surface area (Å²) in [5.41, 5.74) is 1.65. The highest BCUT2D eigenvalue weighted by molar-refractivity contribution is 9.10. The van der Waals surface area contributed by atoms with E-state index in [2.05, 4.69) is 21.2 Å². The van der Waals surface area contributed by atoms with Crippen LogP contribution in [0.5, 0.6) is 5.75 Å². The van der Waals surface area contributed by atoms with Gasteiger partial charge in [-0.1, -0.05) is 29.8 Å². The molecule has 0 aliphatic heterocycles. The van der Waals surface area contributed by atoms with Crippen molar-refractivity contribution in [2.75, 3.05) is 19.0 Å². The molecular weight excluding hydrogens is 342 g/mol. The maximum atomic E-state index is 10.2. The van der Waals surface area contributed by atoms with Gasteiger partial charge in [0.25, 0.3) is 0 Å². The summed E-state index contributed by atoms with van der Waals surface area (Å²) in [6.45, 7) is 0.381. The van der Waals surface area contributed by atoms with Crippen LogP contribution in [0.4, 0.5) is 5.69 Å². The molecule has 0 fully saturated rings. The number of aliphatic hydroxyl groups excluding tert-OH is 1. The van der Waals surface area contributed by atoms with Gasteiger partial charge in [-0.05, 0) is 45.8 Å². The summed E-state index contributed by atoms with van der Waals surface area (Å²) < 4.78 is 5.94. The topological polar surface area (TPSA) is 41.5 Å². The molecule has 2 N–H and O–H groups in total. The van der Waals surface area contributed by atoms with Gasteiger partial charge in [0.05, 0.1) is 28.4 Å². The quantitative estimate of drug-likeness (QED) is 0.841. The first-order valence-corrected chi connectivity index (χ1v) is 7.29. The molecule has 0 aliphatic carbocycles. The van der Waals surface area contributed by atoms with Crippen molar-refractivity contribution in [1.82, 2.24) is 0 Å². The Bertz CT molecular complexity index is 592. The van der Waals surface area contributed by atoms with Crippen molar-refractivity contribution in [2.24, 2.45) is 0 Å². The SMILES string of the molecule is COc1cccc(C(O)CNc2cccc(Cl)c2Br)c1. The molecule has 0 saturated heterocycles. The van der Waals surface area contributed by atoms with Gasteiger partial charge < -0.3 is 15.2 Å². The highest BCUT2D eigenvalue weighted by Gasteiger charge is 2.10. The molecule has 2 aromatic rings. The second kappa shape index (κ2) is 6.97. The van der Waals surface area contributed by atoms with Crippen LogP contribution in [0.15, 0.2) is 46.9 Å². The first-order valence-electron chi connectivity index (χ1n) is 6.11. The molecule has 106 valence electrons. The van der Waals surface area contributed by atoms with Crippen molar-refractivity contribution in [3.8, 4) is 5.75 Å². The van der Waals surface area contributed by atoms with Gasteiger partial charge in [0.2, 0.25) is 0 Å². The fraction of sp³-hybridized carbons (Fsp3) is 0.200. The van der Waals surface area contributed by atoms with E-state index in [1.165, 1.54) is 0 Å². The van der Waals surface area contributed by atoms with Crippen LogP contribution < -0.4 is 10.1 Å². The van der Waals surface area contributed by atoms with E-state index in [0.29, 0.717) is 11.6 Å². The van der Waals surface area contributed by atoms with Crippen LogP contribution >= 0.6 is 27.5 Å². The van der Waals surface area contributed by atoms with Crippen molar-refractivity contribution in [3.63, 3.8) is 0 Å². The molecule has 1 unspecified atom stereocenters. The van der Waals surface area contributed by atoms with E-state index in [0.717, 1.165) is 21.5 Å². The minimum atomic E-state index is -0.629. The van der Waals surface area contributed by atoms with Crippen molar-refractivity contribution in [2.45, 2.75) is 6.10 Å². The Kier molecular flexibility index (Phi) is 5.29. The summed E-state index contributed by atoms with van der Waals surface area (Å²) in [5.74, 6) is 0.727. The highest BCUT2D eigenvalue weighted by Crippen LogP contribution is 2.30.